The second-order valence-electron chi connectivity index (χ2n) is 9.35. The second kappa shape index (κ2) is 8.55. The maximum absolute atomic E-state index is 13.3. The molecule has 2 atom stereocenters. The molecule has 1 amide bonds. The molecule has 0 aliphatic carbocycles. The first-order valence-electron chi connectivity index (χ1n) is 11.6. The largest absolute Gasteiger partial charge is 0.365 e. The fourth-order valence-electron chi connectivity index (χ4n) is 5.32. The lowest BCUT2D eigenvalue weighted by Gasteiger charge is -2.35. The number of fused-ring (bicyclic) bond motifs is 3. The molecule has 2 saturated heterocycles. The van der Waals surface area contributed by atoms with Crippen molar-refractivity contribution in [3.63, 3.8) is 0 Å². The number of halogens is 2. The fraction of sp³-hybridized carbons (Fsp3) is 0.320. The minimum absolute atomic E-state index is 0.241. The van der Waals surface area contributed by atoms with Gasteiger partial charge >= 0.3 is 0 Å². The smallest absolute Gasteiger partial charge is 0.265 e. The lowest BCUT2D eigenvalue weighted by Crippen LogP contribution is -2.46. The Kier molecular flexibility index (Phi) is 5.47. The Morgan fingerprint density at radius 1 is 1.17 bits per heavy atom. The standard InChI is InChI=1S/C25H25Cl2N7O/c1-14-8-15(6-7-21(14)33-12-16-9-17(33)10-28-16)30-25-29-11-18-23(31-25)32(2)13-34(24(18)35)22-19(26)4-3-5-20(22)27/h3-8,11,16-17,28H,9-10,12-13H2,1-2H3,(H,29,30,31)/t16-,17-/m1/s1. The van der Waals surface area contributed by atoms with Gasteiger partial charge in [0.1, 0.15) is 11.4 Å². The summed E-state index contributed by atoms with van der Waals surface area (Å²) in [7, 11) is 1.87. The number of anilines is 5. The molecule has 4 heterocycles. The maximum atomic E-state index is 13.3. The highest BCUT2D eigenvalue weighted by atomic mass is 35.5. The van der Waals surface area contributed by atoms with Crippen LogP contribution in [0.1, 0.15) is 22.3 Å². The summed E-state index contributed by atoms with van der Waals surface area (Å²) in [6.45, 7) is 4.52. The Bertz CT molecular complexity index is 1310. The van der Waals surface area contributed by atoms with Crippen molar-refractivity contribution in [2.24, 2.45) is 0 Å². The number of carbonyl (C=O) groups is 1. The summed E-state index contributed by atoms with van der Waals surface area (Å²) >= 11 is 12.7. The van der Waals surface area contributed by atoms with E-state index in [-0.39, 0.29) is 12.6 Å². The minimum atomic E-state index is -0.241. The first-order chi connectivity index (χ1) is 16.9. The quantitative estimate of drug-likeness (QED) is 0.538. The number of benzene rings is 2. The van der Waals surface area contributed by atoms with Gasteiger partial charge in [0.25, 0.3) is 5.91 Å². The normalized spacial score (nSPS) is 21.0. The molecular weight excluding hydrogens is 485 g/mol. The number of nitrogens with one attached hydrogen (secondary N) is 2. The highest BCUT2D eigenvalue weighted by molar-refractivity contribution is 6.40. The summed E-state index contributed by atoms with van der Waals surface area (Å²) in [6.07, 6.45) is 2.77. The van der Waals surface area contributed by atoms with Crippen molar-refractivity contribution in [3.05, 3.63) is 63.8 Å². The topological polar surface area (TPSA) is 76.6 Å². The number of hydrogen-bond donors (Lipinski definition) is 2. The van der Waals surface area contributed by atoms with Crippen LogP contribution in [-0.2, 0) is 0 Å². The van der Waals surface area contributed by atoms with Crippen LogP contribution >= 0.6 is 23.2 Å². The second-order valence-corrected chi connectivity index (χ2v) is 10.2. The first-order valence-corrected chi connectivity index (χ1v) is 12.4. The molecule has 0 unspecified atom stereocenters. The van der Waals surface area contributed by atoms with E-state index in [0.717, 1.165) is 18.8 Å². The van der Waals surface area contributed by atoms with Crippen LogP contribution in [0.4, 0.5) is 28.8 Å². The van der Waals surface area contributed by atoms with Crippen molar-refractivity contribution in [3.8, 4) is 0 Å². The molecule has 8 nitrogen and oxygen atoms in total. The Hall–Kier alpha value is -3.07. The molecular formula is C25H25Cl2N7O. The van der Waals surface area contributed by atoms with Crippen molar-refractivity contribution in [2.75, 3.05) is 46.8 Å². The van der Waals surface area contributed by atoms with Crippen molar-refractivity contribution in [1.29, 1.82) is 0 Å². The van der Waals surface area contributed by atoms with E-state index >= 15 is 0 Å². The predicted octanol–water partition coefficient (Wildman–Crippen LogP) is 4.44. The van der Waals surface area contributed by atoms with Gasteiger partial charge in [-0.2, -0.15) is 4.98 Å². The molecule has 3 aliphatic heterocycles. The summed E-state index contributed by atoms with van der Waals surface area (Å²) in [5.41, 5.74) is 4.27. The monoisotopic (exact) mass is 509 g/mol. The number of aryl methyl sites for hydroxylation is 1. The third-order valence-corrected chi connectivity index (χ3v) is 7.60. The van der Waals surface area contributed by atoms with Crippen LogP contribution in [0.15, 0.2) is 42.6 Å². The molecule has 2 fully saturated rings. The van der Waals surface area contributed by atoms with E-state index in [1.165, 1.54) is 17.7 Å². The van der Waals surface area contributed by atoms with Crippen molar-refractivity contribution < 1.29 is 4.79 Å². The van der Waals surface area contributed by atoms with Crippen LogP contribution in [0.25, 0.3) is 0 Å². The number of rotatable bonds is 4. The highest BCUT2D eigenvalue weighted by Gasteiger charge is 2.38. The van der Waals surface area contributed by atoms with Crippen molar-refractivity contribution in [1.82, 2.24) is 15.3 Å². The Morgan fingerprint density at radius 3 is 2.66 bits per heavy atom. The average Bonchev–Trinajstić information content (AvgIpc) is 3.46. The van der Waals surface area contributed by atoms with Crippen LogP contribution in [0.3, 0.4) is 0 Å². The number of piperazine rings is 1. The zero-order valence-electron chi connectivity index (χ0n) is 19.4. The Morgan fingerprint density at radius 2 is 1.97 bits per heavy atom. The fourth-order valence-corrected chi connectivity index (χ4v) is 5.92. The van der Waals surface area contributed by atoms with Gasteiger partial charge in [-0.1, -0.05) is 29.3 Å². The molecule has 35 heavy (non-hydrogen) atoms. The van der Waals surface area contributed by atoms with Crippen LogP contribution in [-0.4, -0.2) is 54.8 Å². The van der Waals surface area contributed by atoms with Gasteiger partial charge in [0, 0.05) is 49.8 Å². The van der Waals surface area contributed by atoms with E-state index < -0.39 is 0 Å². The van der Waals surface area contributed by atoms with Gasteiger partial charge in [0.05, 0.1) is 22.4 Å². The van der Waals surface area contributed by atoms with E-state index in [9.17, 15) is 4.79 Å². The van der Waals surface area contributed by atoms with Gasteiger partial charge in [-0.05, 0) is 49.2 Å². The lowest BCUT2D eigenvalue weighted by molar-refractivity contribution is 0.0982. The Balaban J connectivity index is 1.24. The zero-order chi connectivity index (χ0) is 24.3. The molecule has 1 aromatic heterocycles. The van der Waals surface area contributed by atoms with Crippen LogP contribution in [0.2, 0.25) is 10.0 Å². The van der Waals surface area contributed by atoms with Gasteiger partial charge < -0.3 is 20.4 Å². The lowest BCUT2D eigenvalue weighted by atomic mass is 10.1. The summed E-state index contributed by atoms with van der Waals surface area (Å²) in [5, 5.41) is 7.68. The predicted molar refractivity (Wildman–Crippen MR) is 141 cm³/mol. The van der Waals surface area contributed by atoms with Gasteiger partial charge in [-0.25, -0.2) is 4.98 Å². The van der Waals surface area contributed by atoms with E-state index in [4.69, 9.17) is 23.2 Å². The zero-order valence-corrected chi connectivity index (χ0v) is 20.9. The number of amides is 1. The van der Waals surface area contributed by atoms with E-state index in [0.29, 0.717) is 45.1 Å². The van der Waals surface area contributed by atoms with Crippen molar-refractivity contribution >= 4 is 57.9 Å². The summed E-state index contributed by atoms with van der Waals surface area (Å²) in [4.78, 5) is 28.3. The molecule has 180 valence electrons. The third-order valence-electron chi connectivity index (χ3n) is 6.99. The molecule has 3 aliphatic rings. The summed E-state index contributed by atoms with van der Waals surface area (Å²) < 4.78 is 0. The maximum Gasteiger partial charge on any atom is 0.265 e. The SMILES string of the molecule is Cc1cc(Nc2ncc3c(n2)N(C)CN(c2c(Cl)cccc2Cl)C3=O)ccc1N1C[C@H]2C[C@@H]1CN2. The van der Waals surface area contributed by atoms with E-state index in [1.54, 1.807) is 29.3 Å². The van der Waals surface area contributed by atoms with Gasteiger partial charge in [0.15, 0.2) is 0 Å². The van der Waals surface area contributed by atoms with Crippen LogP contribution < -0.4 is 25.3 Å². The molecule has 3 aromatic rings. The number of aromatic nitrogens is 2. The van der Waals surface area contributed by atoms with E-state index in [2.05, 4.69) is 50.6 Å². The third kappa shape index (κ3) is 3.86. The Labute approximate surface area is 213 Å². The molecule has 10 heteroatoms. The average molecular weight is 510 g/mol. The number of nitrogens with zero attached hydrogens (tertiary/aromatic N) is 5. The molecule has 6 rings (SSSR count). The van der Waals surface area contributed by atoms with Gasteiger partial charge in [-0.3, -0.25) is 9.69 Å². The molecule has 0 spiro atoms. The number of carbonyl (C=O) groups excluding carboxylic acids is 1. The van der Waals surface area contributed by atoms with Crippen LogP contribution in [0, 0.1) is 6.92 Å². The number of hydrogen-bond acceptors (Lipinski definition) is 7. The highest BCUT2D eigenvalue weighted by Crippen LogP contribution is 2.38. The molecule has 2 bridgehead atoms. The van der Waals surface area contributed by atoms with Crippen LogP contribution in [0.5, 0.6) is 0 Å². The molecule has 2 N–H and O–H groups in total. The van der Waals surface area contributed by atoms with Gasteiger partial charge in [0.2, 0.25) is 5.95 Å². The minimum Gasteiger partial charge on any atom is -0.365 e. The number of para-hydroxylation sites is 1. The summed E-state index contributed by atoms with van der Waals surface area (Å²) in [5.74, 6) is 0.749. The molecule has 2 aromatic carbocycles. The summed E-state index contributed by atoms with van der Waals surface area (Å²) in [6, 6.07) is 12.7. The first kappa shape index (κ1) is 22.4. The van der Waals surface area contributed by atoms with Crippen molar-refractivity contribution in [2.45, 2.75) is 25.4 Å². The molecule has 0 saturated carbocycles. The molecule has 0 radical (unpaired) electrons. The van der Waals surface area contributed by atoms with Gasteiger partial charge in [-0.15, -0.1) is 0 Å². The van der Waals surface area contributed by atoms with E-state index in [1.807, 2.05) is 11.9 Å².